The monoisotopic (exact) mass is 177 g/mol. The highest BCUT2D eigenvalue weighted by atomic mass is 16.1. The van der Waals surface area contributed by atoms with E-state index in [9.17, 15) is 4.79 Å². The molecule has 0 bridgehead atoms. The zero-order valence-electron chi connectivity index (χ0n) is 7.90. The van der Waals surface area contributed by atoms with Gasteiger partial charge in [-0.1, -0.05) is 0 Å². The molecule has 0 aliphatic heterocycles. The van der Waals surface area contributed by atoms with Gasteiger partial charge in [0, 0.05) is 18.9 Å². The van der Waals surface area contributed by atoms with Gasteiger partial charge in [0.05, 0.1) is 5.69 Å². The average molecular weight is 177 g/mol. The van der Waals surface area contributed by atoms with Crippen LogP contribution in [0.4, 0.5) is 0 Å². The topological polar surface area (TPSA) is 39.3 Å². The lowest BCUT2D eigenvalue weighted by molar-refractivity contribution is 0.111. The van der Waals surface area contributed by atoms with E-state index < -0.39 is 0 Å². The van der Waals surface area contributed by atoms with E-state index in [0.717, 1.165) is 23.5 Å². The summed E-state index contributed by atoms with van der Waals surface area (Å²) in [6.07, 6.45) is 2.64. The predicted octanol–water partition coefficient (Wildman–Crippen LogP) is 1.10. The van der Waals surface area contributed by atoms with E-state index >= 15 is 0 Å². The first-order chi connectivity index (χ1) is 6.15. The maximum absolute atomic E-state index is 10.6. The van der Waals surface area contributed by atoms with Crippen molar-refractivity contribution in [3.8, 4) is 0 Å². The summed E-state index contributed by atoms with van der Waals surface area (Å²) in [5.74, 6) is 0.817. The van der Waals surface area contributed by atoms with Gasteiger partial charge in [0.2, 0.25) is 5.78 Å². The number of carbonyl (C=O) groups excluding carboxylic acids is 1. The van der Waals surface area contributed by atoms with Gasteiger partial charge in [0.15, 0.2) is 6.29 Å². The van der Waals surface area contributed by atoms with Crippen LogP contribution in [-0.4, -0.2) is 20.2 Å². The third-order valence-electron chi connectivity index (χ3n) is 2.44. The molecular formula is C9H11N3O. The Morgan fingerprint density at radius 2 is 2.15 bits per heavy atom. The van der Waals surface area contributed by atoms with Gasteiger partial charge in [-0.25, -0.2) is 4.98 Å². The second kappa shape index (κ2) is 2.45. The van der Waals surface area contributed by atoms with Crippen LogP contribution in [0.3, 0.4) is 0 Å². The highest BCUT2D eigenvalue weighted by molar-refractivity contribution is 5.73. The summed E-state index contributed by atoms with van der Waals surface area (Å²) in [5.41, 5.74) is 2.73. The van der Waals surface area contributed by atoms with Gasteiger partial charge in [-0.05, 0) is 13.8 Å². The van der Waals surface area contributed by atoms with Gasteiger partial charge >= 0.3 is 0 Å². The maximum atomic E-state index is 10.6. The molecule has 2 aromatic rings. The second-order valence-electron chi connectivity index (χ2n) is 3.18. The van der Waals surface area contributed by atoms with Crippen LogP contribution in [0.25, 0.3) is 5.78 Å². The highest BCUT2D eigenvalue weighted by Gasteiger charge is 2.10. The van der Waals surface area contributed by atoms with Crippen LogP contribution in [0.5, 0.6) is 0 Å². The number of carbonyl (C=O) groups is 1. The van der Waals surface area contributed by atoms with E-state index in [1.807, 2.05) is 25.3 Å². The van der Waals surface area contributed by atoms with Gasteiger partial charge in [0.25, 0.3) is 0 Å². The van der Waals surface area contributed by atoms with Gasteiger partial charge in [0.1, 0.15) is 5.69 Å². The minimum atomic E-state index is 0.644. The minimum absolute atomic E-state index is 0.644. The number of fused-ring (bicyclic) bond motifs is 1. The number of imidazole rings is 2. The lowest BCUT2D eigenvalue weighted by Gasteiger charge is -1.90. The van der Waals surface area contributed by atoms with E-state index in [1.54, 1.807) is 10.8 Å². The lowest BCUT2D eigenvalue weighted by atomic mass is 10.4. The molecular weight excluding hydrogens is 166 g/mol. The molecule has 2 heterocycles. The Balaban J connectivity index is 2.88. The van der Waals surface area contributed by atoms with E-state index in [1.165, 1.54) is 0 Å². The van der Waals surface area contributed by atoms with Crippen molar-refractivity contribution in [1.29, 1.82) is 0 Å². The van der Waals surface area contributed by atoms with Crippen molar-refractivity contribution in [2.45, 2.75) is 13.8 Å². The molecule has 0 amide bonds. The van der Waals surface area contributed by atoms with E-state index in [2.05, 4.69) is 4.98 Å². The molecule has 0 atom stereocenters. The van der Waals surface area contributed by atoms with Gasteiger partial charge in [-0.3, -0.25) is 9.20 Å². The molecule has 13 heavy (non-hydrogen) atoms. The Hall–Kier alpha value is -1.58. The second-order valence-corrected chi connectivity index (χ2v) is 3.18. The Morgan fingerprint density at radius 3 is 2.69 bits per heavy atom. The molecule has 4 nitrogen and oxygen atoms in total. The Kier molecular flexibility index (Phi) is 1.52. The number of aromatic nitrogens is 3. The maximum Gasteiger partial charge on any atom is 0.214 e. The molecule has 0 aliphatic rings. The Bertz CT molecular complexity index is 478. The molecule has 2 rings (SSSR count). The first-order valence-electron chi connectivity index (χ1n) is 4.11. The van der Waals surface area contributed by atoms with Crippen LogP contribution in [-0.2, 0) is 7.05 Å². The number of hydrogen-bond acceptors (Lipinski definition) is 2. The van der Waals surface area contributed by atoms with Crippen LogP contribution >= 0.6 is 0 Å². The van der Waals surface area contributed by atoms with E-state index in [0.29, 0.717) is 5.69 Å². The summed E-state index contributed by atoms with van der Waals surface area (Å²) < 4.78 is 3.71. The molecule has 2 aromatic heterocycles. The number of aldehydes is 1. The Morgan fingerprint density at radius 1 is 1.46 bits per heavy atom. The molecule has 0 saturated heterocycles. The smallest absolute Gasteiger partial charge is 0.214 e. The van der Waals surface area contributed by atoms with Crippen LogP contribution < -0.4 is 0 Å². The van der Waals surface area contributed by atoms with Crippen molar-refractivity contribution >= 4 is 12.1 Å². The molecule has 0 saturated carbocycles. The number of hydrogen-bond donors (Lipinski definition) is 0. The number of aryl methyl sites for hydroxylation is 3. The van der Waals surface area contributed by atoms with E-state index in [-0.39, 0.29) is 0 Å². The van der Waals surface area contributed by atoms with Crippen LogP contribution in [0.2, 0.25) is 0 Å². The quantitative estimate of drug-likeness (QED) is 0.612. The van der Waals surface area contributed by atoms with Crippen molar-refractivity contribution in [3.05, 3.63) is 23.3 Å². The lowest BCUT2D eigenvalue weighted by Crippen LogP contribution is -1.94. The molecule has 0 unspecified atom stereocenters. The zero-order chi connectivity index (χ0) is 9.59. The first kappa shape index (κ1) is 8.04. The summed E-state index contributed by atoms with van der Waals surface area (Å²) in [6.45, 7) is 3.95. The Labute approximate surface area is 75.8 Å². The van der Waals surface area contributed by atoms with Gasteiger partial charge in [-0.2, -0.15) is 0 Å². The normalized spacial score (nSPS) is 11.0. The molecule has 0 radical (unpaired) electrons. The van der Waals surface area contributed by atoms with Crippen LogP contribution in [0.15, 0.2) is 6.20 Å². The van der Waals surface area contributed by atoms with Gasteiger partial charge in [-0.15, -0.1) is 0 Å². The number of rotatable bonds is 1. The molecule has 0 spiro atoms. The molecule has 0 N–H and O–H groups in total. The standard InChI is InChI=1S/C9H11N3O/c1-6-7(2)12-4-8(5-13)11(3)9(12)10-6/h4-5H,1-3H3. The van der Waals surface area contributed by atoms with Crippen molar-refractivity contribution in [1.82, 2.24) is 14.0 Å². The first-order valence-corrected chi connectivity index (χ1v) is 4.11. The average Bonchev–Trinajstić information content (AvgIpc) is 2.56. The van der Waals surface area contributed by atoms with Crippen molar-refractivity contribution < 1.29 is 4.79 Å². The van der Waals surface area contributed by atoms with Crippen LogP contribution in [0.1, 0.15) is 21.9 Å². The van der Waals surface area contributed by atoms with Gasteiger partial charge < -0.3 is 4.57 Å². The van der Waals surface area contributed by atoms with Crippen molar-refractivity contribution in [3.63, 3.8) is 0 Å². The molecule has 0 aliphatic carbocycles. The fraction of sp³-hybridized carbons (Fsp3) is 0.333. The highest BCUT2D eigenvalue weighted by Crippen LogP contribution is 2.12. The third kappa shape index (κ3) is 0.915. The molecule has 0 fully saturated rings. The SMILES string of the molecule is Cc1nc2n(C)c(C=O)cn2c1C. The molecule has 4 heteroatoms. The summed E-state index contributed by atoms with van der Waals surface area (Å²) in [4.78, 5) is 15.0. The summed E-state index contributed by atoms with van der Waals surface area (Å²) >= 11 is 0. The fourth-order valence-corrected chi connectivity index (χ4v) is 1.44. The minimum Gasteiger partial charge on any atom is -0.311 e. The third-order valence-corrected chi connectivity index (χ3v) is 2.44. The van der Waals surface area contributed by atoms with Crippen molar-refractivity contribution in [2.75, 3.05) is 0 Å². The zero-order valence-corrected chi connectivity index (χ0v) is 7.90. The fourth-order valence-electron chi connectivity index (χ4n) is 1.44. The van der Waals surface area contributed by atoms with Crippen LogP contribution in [0, 0.1) is 13.8 Å². The molecule has 68 valence electrons. The number of nitrogens with zero attached hydrogens (tertiary/aromatic N) is 3. The van der Waals surface area contributed by atoms with E-state index in [4.69, 9.17) is 0 Å². The summed E-state index contributed by atoms with van der Waals surface area (Å²) in [7, 11) is 1.84. The summed E-state index contributed by atoms with van der Waals surface area (Å²) in [5, 5.41) is 0. The summed E-state index contributed by atoms with van der Waals surface area (Å²) in [6, 6.07) is 0. The molecule has 0 aromatic carbocycles. The largest absolute Gasteiger partial charge is 0.311 e. The van der Waals surface area contributed by atoms with Crippen molar-refractivity contribution in [2.24, 2.45) is 7.05 Å². The predicted molar refractivity (Wildman–Crippen MR) is 49.0 cm³/mol.